The van der Waals surface area contributed by atoms with E-state index in [0.29, 0.717) is 6.54 Å². The number of nitrogens with zero attached hydrogens (tertiary/aromatic N) is 2. The van der Waals surface area contributed by atoms with Gasteiger partial charge in [0, 0.05) is 19.2 Å². The van der Waals surface area contributed by atoms with Gasteiger partial charge in [0.1, 0.15) is 0 Å². The third-order valence-electron chi connectivity index (χ3n) is 3.37. The van der Waals surface area contributed by atoms with Crippen molar-refractivity contribution in [2.45, 2.75) is 17.7 Å². The predicted octanol–water partition coefficient (Wildman–Crippen LogP) is 0.674. The highest BCUT2D eigenvalue weighted by molar-refractivity contribution is 7.89. The molecule has 1 aromatic rings. The Balaban J connectivity index is 2.04. The standard InChI is InChI=1S/C12H17N3O5S/c16-12-4-3-10(9-11(12)15(17)18)21(19,20)13-5-8-14-6-1-2-7-14/h3-4,9,13,16H,1-2,5-8H2. The maximum absolute atomic E-state index is 12.1. The molecule has 0 atom stereocenters. The van der Waals surface area contributed by atoms with Crippen molar-refractivity contribution in [1.29, 1.82) is 0 Å². The van der Waals surface area contributed by atoms with Gasteiger partial charge in [-0.15, -0.1) is 0 Å². The molecule has 0 unspecified atom stereocenters. The summed E-state index contributed by atoms with van der Waals surface area (Å²) in [4.78, 5) is 11.8. The van der Waals surface area contributed by atoms with E-state index in [1.807, 2.05) is 0 Å². The molecule has 8 nitrogen and oxygen atoms in total. The Hall–Kier alpha value is -1.71. The summed E-state index contributed by atoms with van der Waals surface area (Å²) in [5.41, 5.74) is -0.627. The average molecular weight is 315 g/mol. The van der Waals surface area contributed by atoms with Crippen LogP contribution in [0.25, 0.3) is 0 Å². The van der Waals surface area contributed by atoms with E-state index in [1.165, 1.54) is 0 Å². The van der Waals surface area contributed by atoms with Gasteiger partial charge in [-0.3, -0.25) is 10.1 Å². The van der Waals surface area contributed by atoms with Crippen molar-refractivity contribution in [2.24, 2.45) is 0 Å². The molecule has 2 rings (SSSR count). The van der Waals surface area contributed by atoms with E-state index in [0.717, 1.165) is 44.1 Å². The number of hydrogen-bond donors (Lipinski definition) is 2. The second-order valence-corrected chi connectivity index (χ2v) is 6.62. The molecule has 0 spiro atoms. The summed E-state index contributed by atoms with van der Waals surface area (Å²) in [6, 6.07) is 3.00. The van der Waals surface area contributed by atoms with Gasteiger partial charge in [0.25, 0.3) is 0 Å². The molecule has 0 bridgehead atoms. The largest absolute Gasteiger partial charge is 0.502 e. The SMILES string of the molecule is O=[N+]([O-])c1cc(S(=O)(=O)NCCN2CCCC2)ccc1O. The first-order chi connectivity index (χ1) is 9.90. The lowest BCUT2D eigenvalue weighted by Gasteiger charge is -2.14. The van der Waals surface area contributed by atoms with Gasteiger partial charge in [-0.05, 0) is 38.1 Å². The first kappa shape index (κ1) is 15.7. The molecule has 1 fully saturated rings. The number of phenolic OH excluding ortho intramolecular Hbond substituents is 1. The first-order valence-corrected chi connectivity index (χ1v) is 8.08. The Morgan fingerprint density at radius 3 is 2.62 bits per heavy atom. The quantitative estimate of drug-likeness (QED) is 0.589. The minimum absolute atomic E-state index is 0.228. The van der Waals surface area contributed by atoms with Crippen LogP contribution in [-0.4, -0.2) is 49.5 Å². The highest BCUT2D eigenvalue weighted by Gasteiger charge is 2.21. The van der Waals surface area contributed by atoms with Gasteiger partial charge < -0.3 is 10.0 Å². The topological polar surface area (TPSA) is 113 Å². The lowest BCUT2D eigenvalue weighted by molar-refractivity contribution is -0.386. The zero-order chi connectivity index (χ0) is 15.5. The van der Waals surface area contributed by atoms with Crippen LogP contribution < -0.4 is 4.72 Å². The van der Waals surface area contributed by atoms with Crippen molar-refractivity contribution in [3.05, 3.63) is 28.3 Å². The molecule has 21 heavy (non-hydrogen) atoms. The molecular weight excluding hydrogens is 298 g/mol. The monoisotopic (exact) mass is 315 g/mol. The smallest absolute Gasteiger partial charge is 0.312 e. The number of nitro groups is 1. The second kappa shape index (κ2) is 6.37. The molecule has 0 amide bonds. The molecule has 1 saturated heterocycles. The number of sulfonamides is 1. The van der Waals surface area contributed by atoms with Crippen LogP contribution in [-0.2, 0) is 10.0 Å². The van der Waals surface area contributed by atoms with E-state index in [4.69, 9.17) is 0 Å². The molecule has 116 valence electrons. The molecule has 0 aromatic heterocycles. The third kappa shape index (κ3) is 3.90. The van der Waals surface area contributed by atoms with Gasteiger partial charge >= 0.3 is 5.69 Å². The summed E-state index contributed by atoms with van der Waals surface area (Å²) in [5, 5.41) is 20.0. The summed E-state index contributed by atoms with van der Waals surface area (Å²) in [5.74, 6) is -0.559. The number of phenols is 1. The zero-order valence-electron chi connectivity index (χ0n) is 11.4. The van der Waals surface area contributed by atoms with Crippen LogP contribution in [0.4, 0.5) is 5.69 Å². The normalized spacial score (nSPS) is 16.2. The van der Waals surface area contributed by atoms with Crippen LogP contribution in [0.2, 0.25) is 0 Å². The van der Waals surface area contributed by atoms with E-state index < -0.39 is 26.4 Å². The maximum atomic E-state index is 12.1. The lowest BCUT2D eigenvalue weighted by atomic mass is 10.3. The van der Waals surface area contributed by atoms with E-state index in [-0.39, 0.29) is 11.4 Å². The Labute approximate surface area is 122 Å². The van der Waals surface area contributed by atoms with Gasteiger partial charge in [0.15, 0.2) is 5.75 Å². The number of nitrogens with one attached hydrogen (secondary N) is 1. The van der Waals surface area contributed by atoms with Crippen LogP contribution in [0.15, 0.2) is 23.1 Å². The first-order valence-electron chi connectivity index (χ1n) is 6.59. The fourth-order valence-corrected chi connectivity index (χ4v) is 3.28. The molecular formula is C12H17N3O5S. The molecule has 9 heteroatoms. The van der Waals surface area contributed by atoms with E-state index in [1.54, 1.807) is 0 Å². The Bertz CT molecular complexity index is 626. The molecule has 0 radical (unpaired) electrons. The highest BCUT2D eigenvalue weighted by Crippen LogP contribution is 2.28. The van der Waals surface area contributed by atoms with Crippen LogP contribution >= 0.6 is 0 Å². The zero-order valence-corrected chi connectivity index (χ0v) is 12.2. The molecule has 0 aliphatic carbocycles. The van der Waals surface area contributed by atoms with Gasteiger partial charge in [-0.2, -0.15) is 0 Å². The van der Waals surface area contributed by atoms with Crippen molar-refractivity contribution in [1.82, 2.24) is 9.62 Å². The van der Waals surface area contributed by atoms with Crippen LogP contribution in [0.3, 0.4) is 0 Å². The molecule has 2 N–H and O–H groups in total. The minimum Gasteiger partial charge on any atom is -0.502 e. The second-order valence-electron chi connectivity index (χ2n) is 4.85. The highest BCUT2D eigenvalue weighted by atomic mass is 32.2. The van der Waals surface area contributed by atoms with E-state index in [9.17, 15) is 23.6 Å². The number of benzene rings is 1. The molecule has 0 saturated carbocycles. The fraction of sp³-hybridized carbons (Fsp3) is 0.500. The maximum Gasteiger partial charge on any atom is 0.312 e. The summed E-state index contributed by atoms with van der Waals surface area (Å²) < 4.78 is 26.5. The summed E-state index contributed by atoms with van der Waals surface area (Å²) in [6.07, 6.45) is 2.24. The van der Waals surface area contributed by atoms with Gasteiger partial charge in [-0.25, -0.2) is 13.1 Å². The number of nitro benzene ring substituents is 1. The Morgan fingerprint density at radius 1 is 1.33 bits per heavy atom. The van der Waals surface area contributed by atoms with Crippen LogP contribution in [0.1, 0.15) is 12.8 Å². The predicted molar refractivity (Wildman–Crippen MR) is 75.6 cm³/mol. The number of rotatable bonds is 6. The molecule has 1 aliphatic heterocycles. The third-order valence-corrected chi connectivity index (χ3v) is 4.83. The summed E-state index contributed by atoms with van der Waals surface area (Å²) >= 11 is 0. The number of hydrogen-bond acceptors (Lipinski definition) is 6. The van der Waals surface area contributed by atoms with Crippen LogP contribution in [0, 0.1) is 10.1 Å². The van der Waals surface area contributed by atoms with Crippen molar-refractivity contribution >= 4 is 15.7 Å². The molecule has 1 aromatic carbocycles. The Morgan fingerprint density at radius 2 is 2.00 bits per heavy atom. The van der Waals surface area contributed by atoms with Gasteiger partial charge in [0.05, 0.1) is 9.82 Å². The van der Waals surface area contributed by atoms with Gasteiger partial charge in [-0.1, -0.05) is 0 Å². The fourth-order valence-electron chi connectivity index (χ4n) is 2.24. The van der Waals surface area contributed by atoms with Gasteiger partial charge in [0.2, 0.25) is 10.0 Å². The minimum atomic E-state index is -3.82. The van der Waals surface area contributed by atoms with Crippen LogP contribution in [0.5, 0.6) is 5.75 Å². The van der Waals surface area contributed by atoms with Crippen molar-refractivity contribution in [3.63, 3.8) is 0 Å². The summed E-state index contributed by atoms with van der Waals surface area (Å²) in [6.45, 7) is 2.79. The number of likely N-dealkylation sites (tertiary alicyclic amines) is 1. The lowest BCUT2D eigenvalue weighted by Crippen LogP contribution is -2.33. The Kier molecular flexibility index (Phi) is 4.76. The van der Waals surface area contributed by atoms with E-state index in [2.05, 4.69) is 9.62 Å². The van der Waals surface area contributed by atoms with Crippen molar-refractivity contribution in [2.75, 3.05) is 26.2 Å². The van der Waals surface area contributed by atoms with Crippen molar-refractivity contribution < 1.29 is 18.4 Å². The van der Waals surface area contributed by atoms with E-state index >= 15 is 0 Å². The van der Waals surface area contributed by atoms with Crippen molar-refractivity contribution in [3.8, 4) is 5.75 Å². The summed E-state index contributed by atoms with van der Waals surface area (Å²) in [7, 11) is -3.82. The molecule has 1 heterocycles. The number of aromatic hydroxyl groups is 1. The average Bonchev–Trinajstić information content (AvgIpc) is 2.91. The molecule has 1 aliphatic rings.